The third-order valence-electron chi connectivity index (χ3n) is 3.90. The Hall–Kier alpha value is -1.17. The fourth-order valence-electron chi connectivity index (χ4n) is 3.00. The van der Waals surface area contributed by atoms with Gasteiger partial charge in [0.15, 0.2) is 0 Å². The second-order valence-corrected chi connectivity index (χ2v) is 9.74. The van der Waals surface area contributed by atoms with Gasteiger partial charge >= 0.3 is 0 Å². The minimum Gasteiger partial charge on any atom is -0.195 e. The zero-order valence-electron chi connectivity index (χ0n) is 14.9. The van der Waals surface area contributed by atoms with Crippen molar-refractivity contribution in [2.75, 3.05) is 6.54 Å². The summed E-state index contributed by atoms with van der Waals surface area (Å²) in [6.07, 6.45) is 4.01. The van der Waals surface area contributed by atoms with Crippen LogP contribution in [0.15, 0.2) is 36.4 Å². The number of nitrogens with zero attached hydrogens (tertiary/aromatic N) is 2. The third-order valence-corrected chi connectivity index (χ3v) is 6.47. The molecule has 1 atom stereocenters. The lowest BCUT2D eigenvalue weighted by atomic mass is 10.0. The molecular weight excluding hydrogens is 308 g/mol. The molecule has 1 heterocycles. The first-order valence-corrected chi connectivity index (χ1v) is 9.39. The van der Waals surface area contributed by atoms with E-state index in [0.717, 1.165) is 5.56 Å². The summed E-state index contributed by atoms with van der Waals surface area (Å²) in [5.41, 5.74) is 0.176. The molecule has 1 aliphatic heterocycles. The van der Waals surface area contributed by atoms with E-state index in [1.165, 1.54) is 0 Å². The molecule has 1 aromatic carbocycles. The largest absolute Gasteiger partial charge is 0.283 e. The Kier molecular flexibility index (Phi) is 4.77. The summed E-state index contributed by atoms with van der Waals surface area (Å²) in [5.74, 6) is 0. The van der Waals surface area contributed by atoms with Crippen LogP contribution in [0.2, 0.25) is 0 Å². The van der Waals surface area contributed by atoms with Gasteiger partial charge in [-0.2, -0.15) is 17.0 Å². The molecule has 1 unspecified atom stereocenters. The van der Waals surface area contributed by atoms with E-state index in [2.05, 4.69) is 0 Å². The van der Waals surface area contributed by atoms with Crippen LogP contribution in [0, 0.1) is 0 Å². The lowest BCUT2D eigenvalue weighted by Crippen LogP contribution is -2.50. The van der Waals surface area contributed by atoms with Crippen molar-refractivity contribution in [2.45, 2.75) is 58.7 Å². The molecule has 0 radical (unpaired) electrons. The first-order valence-electron chi connectivity index (χ1n) is 7.99. The fraction of sp³-hybridized carbons (Fsp3) is 0.556. The average molecular weight is 337 g/mol. The van der Waals surface area contributed by atoms with Crippen molar-refractivity contribution in [3.63, 3.8) is 0 Å². The maximum atomic E-state index is 13.0. The monoisotopic (exact) mass is 336 g/mol. The molecule has 1 aliphatic rings. The summed E-state index contributed by atoms with van der Waals surface area (Å²) in [5, 5.41) is 0. The van der Waals surface area contributed by atoms with Crippen LogP contribution in [-0.4, -0.2) is 40.7 Å². The topological polar surface area (TPSA) is 40.6 Å². The Labute approximate surface area is 141 Å². The zero-order chi connectivity index (χ0) is 17.5. The molecule has 23 heavy (non-hydrogen) atoms. The number of hydrogen-bond donors (Lipinski definition) is 0. The average Bonchev–Trinajstić information content (AvgIpc) is 2.68. The predicted octanol–water partition coefficient (Wildman–Crippen LogP) is 3.53. The van der Waals surface area contributed by atoms with Crippen molar-refractivity contribution in [1.82, 2.24) is 8.61 Å². The summed E-state index contributed by atoms with van der Waals surface area (Å²) in [6.45, 7) is 12.1. The molecule has 1 aromatic rings. The smallest absolute Gasteiger partial charge is 0.195 e. The van der Waals surface area contributed by atoms with Gasteiger partial charge in [-0.25, -0.2) is 0 Å². The minimum atomic E-state index is -3.48. The van der Waals surface area contributed by atoms with Gasteiger partial charge in [0, 0.05) is 17.6 Å². The number of hydrogen-bond acceptors (Lipinski definition) is 2. The summed E-state index contributed by atoms with van der Waals surface area (Å²) < 4.78 is 29.3. The highest BCUT2D eigenvalue weighted by Gasteiger charge is 2.51. The Bertz CT molecular complexity index is 667. The van der Waals surface area contributed by atoms with Crippen LogP contribution in [-0.2, 0) is 10.2 Å². The summed E-state index contributed by atoms with van der Waals surface area (Å²) in [6, 6.07) is 9.80. The first kappa shape index (κ1) is 18.2. The maximum Gasteiger partial charge on any atom is 0.283 e. The van der Waals surface area contributed by atoms with Crippen LogP contribution in [0.1, 0.15) is 47.1 Å². The van der Waals surface area contributed by atoms with Gasteiger partial charge in [0.05, 0.1) is 6.04 Å². The molecule has 5 heteroatoms. The third kappa shape index (κ3) is 3.84. The van der Waals surface area contributed by atoms with Crippen LogP contribution in [0.3, 0.4) is 0 Å². The second-order valence-electron chi connectivity index (χ2n) is 8.01. The van der Waals surface area contributed by atoms with E-state index in [1.54, 1.807) is 8.61 Å². The van der Waals surface area contributed by atoms with Gasteiger partial charge in [0.1, 0.15) is 0 Å². The van der Waals surface area contributed by atoms with Crippen molar-refractivity contribution < 1.29 is 8.42 Å². The first-order chi connectivity index (χ1) is 10.4. The summed E-state index contributed by atoms with van der Waals surface area (Å²) in [7, 11) is -3.48. The maximum absolute atomic E-state index is 13.0. The van der Waals surface area contributed by atoms with Gasteiger partial charge in [0.2, 0.25) is 0 Å². The number of benzene rings is 1. The highest BCUT2D eigenvalue weighted by atomic mass is 32.2. The Morgan fingerprint density at radius 3 is 2.04 bits per heavy atom. The van der Waals surface area contributed by atoms with Gasteiger partial charge in [-0.1, -0.05) is 42.5 Å². The molecule has 0 amide bonds. The van der Waals surface area contributed by atoms with Gasteiger partial charge in [-0.05, 0) is 47.1 Å². The van der Waals surface area contributed by atoms with Crippen molar-refractivity contribution in [3.05, 3.63) is 42.0 Å². The lowest BCUT2D eigenvalue weighted by Gasteiger charge is -2.35. The molecule has 1 fully saturated rings. The fourth-order valence-corrected chi connectivity index (χ4v) is 5.42. The van der Waals surface area contributed by atoms with E-state index in [-0.39, 0.29) is 6.04 Å². The predicted molar refractivity (Wildman–Crippen MR) is 96.2 cm³/mol. The van der Waals surface area contributed by atoms with Crippen molar-refractivity contribution in [3.8, 4) is 0 Å². The molecule has 0 N–H and O–H groups in total. The molecule has 4 nitrogen and oxygen atoms in total. The van der Waals surface area contributed by atoms with Crippen LogP contribution in [0.5, 0.6) is 0 Å². The number of rotatable bonds is 2. The Balaban J connectivity index is 2.40. The van der Waals surface area contributed by atoms with E-state index in [0.29, 0.717) is 6.54 Å². The van der Waals surface area contributed by atoms with Crippen LogP contribution >= 0.6 is 0 Å². The molecule has 128 valence electrons. The Morgan fingerprint density at radius 1 is 1.00 bits per heavy atom. The zero-order valence-corrected chi connectivity index (χ0v) is 15.8. The van der Waals surface area contributed by atoms with Crippen LogP contribution in [0.4, 0.5) is 0 Å². The standard InChI is InChI=1S/C18H28N2O2S/c1-17(2,3)19-14-16(13-12-15-10-8-7-9-11-15)20(18(4,5)6)23(19,21)22/h7-13,16H,14H2,1-6H3/b13-12+. The highest BCUT2D eigenvalue weighted by molar-refractivity contribution is 7.87. The SMILES string of the molecule is CC(C)(C)N1CC(/C=C/c2ccccc2)N(C(C)(C)C)S1(=O)=O. The quantitative estimate of drug-likeness (QED) is 0.829. The second kappa shape index (κ2) is 6.04. The van der Waals surface area contributed by atoms with Crippen molar-refractivity contribution in [1.29, 1.82) is 0 Å². The van der Waals surface area contributed by atoms with E-state index in [9.17, 15) is 8.42 Å². The van der Waals surface area contributed by atoms with Gasteiger partial charge in [-0.3, -0.25) is 0 Å². The van der Waals surface area contributed by atoms with E-state index in [1.807, 2.05) is 84.0 Å². The van der Waals surface area contributed by atoms with E-state index >= 15 is 0 Å². The highest BCUT2D eigenvalue weighted by Crippen LogP contribution is 2.35. The van der Waals surface area contributed by atoms with Gasteiger partial charge < -0.3 is 0 Å². The molecule has 0 aliphatic carbocycles. The molecule has 0 saturated carbocycles. The van der Waals surface area contributed by atoms with E-state index in [4.69, 9.17) is 0 Å². The van der Waals surface area contributed by atoms with Crippen molar-refractivity contribution in [2.24, 2.45) is 0 Å². The summed E-state index contributed by atoms with van der Waals surface area (Å²) in [4.78, 5) is 0. The molecule has 1 saturated heterocycles. The molecule has 0 aromatic heterocycles. The van der Waals surface area contributed by atoms with Gasteiger partial charge in [-0.15, -0.1) is 0 Å². The van der Waals surface area contributed by atoms with Gasteiger partial charge in [0.25, 0.3) is 10.2 Å². The molecule has 0 spiro atoms. The minimum absolute atomic E-state index is 0.167. The molecule has 0 bridgehead atoms. The Morgan fingerprint density at radius 2 is 1.57 bits per heavy atom. The molecule has 2 rings (SSSR count). The molecular formula is C18H28N2O2S. The van der Waals surface area contributed by atoms with Crippen LogP contribution < -0.4 is 0 Å². The lowest BCUT2D eigenvalue weighted by molar-refractivity contribution is 0.232. The van der Waals surface area contributed by atoms with Crippen LogP contribution in [0.25, 0.3) is 6.08 Å². The van der Waals surface area contributed by atoms with Crippen molar-refractivity contribution >= 4 is 16.3 Å². The van der Waals surface area contributed by atoms with E-state index < -0.39 is 21.3 Å². The summed E-state index contributed by atoms with van der Waals surface area (Å²) >= 11 is 0. The normalized spacial score (nSPS) is 23.7.